The van der Waals surface area contributed by atoms with E-state index < -0.39 is 17.4 Å². The molecule has 8 heteroatoms. The first-order valence-electron chi connectivity index (χ1n) is 8.08. The van der Waals surface area contributed by atoms with Crippen LogP contribution in [0.5, 0.6) is 0 Å². The molecular formula is C16H22F2N4O2. The molecule has 1 aromatic rings. The third-order valence-electron chi connectivity index (χ3n) is 4.10. The summed E-state index contributed by atoms with van der Waals surface area (Å²) in [4.78, 5) is 24.0. The molecule has 132 valence electrons. The summed E-state index contributed by atoms with van der Waals surface area (Å²) in [5.74, 6) is -2.84. The molecule has 1 aliphatic heterocycles. The maximum absolute atomic E-state index is 13.1. The highest BCUT2D eigenvalue weighted by Crippen LogP contribution is 2.55. The molecule has 1 unspecified atom stereocenters. The third-order valence-corrected chi connectivity index (χ3v) is 4.10. The predicted molar refractivity (Wildman–Crippen MR) is 84.4 cm³/mol. The summed E-state index contributed by atoms with van der Waals surface area (Å²) < 4.78 is 31.5. The van der Waals surface area contributed by atoms with Gasteiger partial charge in [-0.25, -0.2) is 23.5 Å². The second kappa shape index (κ2) is 5.82. The highest BCUT2D eigenvalue weighted by molar-refractivity contribution is 5.68. The third kappa shape index (κ3) is 3.73. The van der Waals surface area contributed by atoms with E-state index in [1.54, 1.807) is 4.90 Å². The van der Waals surface area contributed by atoms with Gasteiger partial charge >= 0.3 is 6.09 Å². The van der Waals surface area contributed by atoms with Gasteiger partial charge in [-0.1, -0.05) is 0 Å². The Bertz CT molecular complexity index is 607. The Morgan fingerprint density at radius 1 is 1.21 bits per heavy atom. The SMILES string of the molecule is CC(C)(C)OC(=O)N1CCN(c2ncc(C3CC3(F)F)cn2)CC1. The van der Waals surface area contributed by atoms with Gasteiger partial charge in [-0.3, -0.25) is 0 Å². The van der Waals surface area contributed by atoms with Crippen LogP contribution in [0.4, 0.5) is 19.5 Å². The summed E-state index contributed by atoms with van der Waals surface area (Å²) in [6.45, 7) is 7.69. The lowest BCUT2D eigenvalue weighted by Crippen LogP contribution is -2.50. The molecule has 1 aromatic heterocycles. The van der Waals surface area contributed by atoms with Gasteiger partial charge in [0.15, 0.2) is 0 Å². The van der Waals surface area contributed by atoms with Crippen molar-refractivity contribution in [1.29, 1.82) is 0 Å². The molecule has 2 fully saturated rings. The Hall–Kier alpha value is -1.99. The first-order chi connectivity index (χ1) is 11.2. The summed E-state index contributed by atoms with van der Waals surface area (Å²) in [6.07, 6.45) is 2.52. The largest absolute Gasteiger partial charge is 0.444 e. The number of anilines is 1. The average molecular weight is 340 g/mol. The number of hydrogen-bond donors (Lipinski definition) is 0. The summed E-state index contributed by atoms with van der Waals surface area (Å²) >= 11 is 0. The Labute approximate surface area is 139 Å². The van der Waals surface area contributed by atoms with Crippen LogP contribution in [0.1, 0.15) is 38.7 Å². The molecule has 0 bridgehead atoms. The highest BCUT2D eigenvalue weighted by atomic mass is 19.3. The van der Waals surface area contributed by atoms with Crippen molar-refractivity contribution < 1.29 is 18.3 Å². The Kier molecular flexibility index (Phi) is 4.09. The number of amides is 1. The first-order valence-corrected chi connectivity index (χ1v) is 8.08. The topological polar surface area (TPSA) is 58.6 Å². The number of ether oxygens (including phenoxy) is 1. The van der Waals surface area contributed by atoms with Crippen LogP contribution in [0.2, 0.25) is 0 Å². The van der Waals surface area contributed by atoms with E-state index >= 15 is 0 Å². The molecule has 1 atom stereocenters. The molecule has 1 saturated carbocycles. The lowest BCUT2D eigenvalue weighted by molar-refractivity contribution is 0.0240. The summed E-state index contributed by atoms with van der Waals surface area (Å²) in [6, 6.07) is 0. The lowest BCUT2D eigenvalue weighted by atomic mass is 10.2. The standard InChI is InChI=1S/C16H22F2N4O2/c1-15(2,3)24-14(23)22-6-4-21(5-7-22)13-19-9-11(10-20-13)12-8-16(12,17)18/h9-10,12H,4-8H2,1-3H3. The van der Waals surface area contributed by atoms with Crippen LogP contribution < -0.4 is 4.90 Å². The molecule has 0 aromatic carbocycles. The van der Waals surface area contributed by atoms with Crippen LogP contribution >= 0.6 is 0 Å². The van der Waals surface area contributed by atoms with Gasteiger partial charge in [-0.05, 0) is 26.3 Å². The monoisotopic (exact) mass is 340 g/mol. The van der Waals surface area contributed by atoms with Crippen LogP contribution in [0, 0.1) is 0 Å². The van der Waals surface area contributed by atoms with Gasteiger partial charge < -0.3 is 14.5 Å². The second-order valence-corrected chi connectivity index (χ2v) is 7.29. The molecule has 1 saturated heterocycles. The van der Waals surface area contributed by atoms with Gasteiger partial charge in [-0.15, -0.1) is 0 Å². The fourth-order valence-electron chi connectivity index (χ4n) is 2.66. The fourth-order valence-corrected chi connectivity index (χ4v) is 2.66. The van der Waals surface area contributed by atoms with E-state index in [0.717, 1.165) is 0 Å². The maximum Gasteiger partial charge on any atom is 0.410 e. The van der Waals surface area contributed by atoms with Crippen molar-refractivity contribution in [2.75, 3.05) is 31.1 Å². The highest BCUT2D eigenvalue weighted by Gasteiger charge is 2.57. The first kappa shape index (κ1) is 16.9. The van der Waals surface area contributed by atoms with E-state index in [2.05, 4.69) is 9.97 Å². The molecule has 2 heterocycles. The van der Waals surface area contributed by atoms with E-state index in [9.17, 15) is 13.6 Å². The zero-order chi connectivity index (χ0) is 17.5. The molecule has 0 radical (unpaired) electrons. The van der Waals surface area contributed by atoms with Crippen LogP contribution in [0.25, 0.3) is 0 Å². The number of rotatable bonds is 2. The Morgan fingerprint density at radius 3 is 2.21 bits per heavy atom. The number of aromatic nitrogens is 2. The summed E-state index contributed by atoms with van der Waals surface area (Å²) in [5, 5.41) is 0. The van der Waals surface area contributed by atoms with E-state index in [0.29, 0.717) is 37.7 Å². The van der Waals surface area contributed by atoms with Crippen LogP contribution in [0.3, 0.4) is 0 Å². The van der Waals surface area contributed by atoms with Crippen LogP contribution in [-0.2, 0) is 4.74 Å². The Morgan fingerprint density at radius 2 is 1.75 bits per heavy atom. The Balaban J connectivity index is 1.54. The van der Waals surface area contributed by atoms with Crippen LogP contribution in [-0.4, -0.2) is 58.7 Å². The lowest BCUT2D eigenvalue weighted by Gasteiger charge is -2.35. The number of piperazine rings is 1. The minimum Gasteiger partial charge on any atom is -0.444 e. The fraction of sp³-hybridized carbons (Fsp3) is 0.688. The predicted octanol–water partition coefficient (Wildman–Crippen LogP) is 2.66. The van der Waals surface area contributed by atoms with Gasteiger partial charge in [0.25, 0.3) is 5.92 Å². The quantitative estimate of drug-likeness (QED) is 0.828. The van der Waals surface area contributed by atoms with Crippen molar-refractivity contribution in [1.82, 2.24) is 14.9 Å². The minimum absolute atomic E-state index is 0.121. The number of alkyl halides is 2. The number of hydrogen-bond acceptors (Lipinski definition) is 5. The van der Waals surface area contributed by atoms with Gasteiger partial charge in [0, 0.05) is 45.0 Å². The zero-order valence-corrected chi connectivity index (χ0v) is 14.1. The molecule has 0 N–H and O–H groups in total. The van der Waals surface area contributed by atoms with E-state index in [4.69, 9.17) is 4.74 Å². The van der Waals surface area contributed by atoms with Gasteiger partial charge in [-0.2, -0.15) is 0 Å². The normalized spacial score (nSPS) is 23.1. The van der Waals surface area contributed by atoms with Gasteiger partial charge in [0.1, 0.15) is 5.60 Å². The van der Waals surface area contributed by atoms with Crippen molar-refractivity contribution in [3.05, 3.63) is 18.0 Å². The van der Waals surface area contributed by atoms with Gasteiger partial charge in [0.2, 0.25) is 5.95 Å². The summed E-state index contributed by atoms with van der Waals surface area (Å²) in [7, 11) is 0. The van der Waals surface area contributed by atoms with Crippen LogP contribution in [0.15, 0.2) is 12.4 Å². The van der Waals surface area contributed by atoms with Crippen molar-refractivity contribution in [3.8, 4) is 0 Å². The van der Waals surface area contributed by atoms with Crippen molar-refractivity contribution in [2.24, 2.45) is 0 Å². The molecular weight excluding hydrogens is 318 g/mol. The van der Waals surface area contributed by atoms with Gasteiger partial charge in [0.05, 0.1) is 5.92 Å². The zero-order valence-electron chi connectivity index (χ0n) is 14.1. The average Bonchev–Trinajstić information content (AvgIpc) is 3.15. The minimum atomic E-state index is -2.61. The maximum atomic E-state index is 13.1. The molecule has 2 aliphatic rings. The summed E-state index contributed by atoms with van der Waals surface area (Å²) in [5.41, 5.74) is -0.0333. The number of carbonyl (C=O) groups excluding carboxylic acids is 1. The molecule has 1 aliphatic carbocycles. The molecule has 24 heavy (non-hydrogen) atoms. The smallest absolute Gasteiger partial charge is 0.410 e. The van der Waals surface area contributed by atoms with Crippen molar-refractivity contribution in [2.45, 2.75) is 44.6 Å². The number of halogens is 2. The second-order valence-electron chi connectivity index (χ2n) is 7.29. The van der Waals surface area contributed by atoms with Crippen molar-refractivity contribution in [3.63, 3.8) is 0 Å². The molecule has 3 rings (SSSR count). The molecule has 1 amide bonds. The van der Waals surface area contributed by atoms with E-state index in [1.165, 1.54) is 12.4 Å². The van der Waals surface area contributed by atoms with E-state index in [1.807, 2.05) is 25.7 Å². The van der Waals surface area contributed by atoms with Crippen molar-refractivity contribution >= 4 is 12.0 Å². The molecule has 0 spiro atoms. The molecule has 6 nitrogen and oxygen atoms in total. The number of carbonyl (C=O) groups is 1. The number of nitrogens with zero attached hydrogens (tertiary/aromatic N) is 4. The van der Waals surface area contributed by atoms with E-state index in [-0.39, 0.29) is 12.5 Å².